The van der Waals surface area contributed by atoms with Crippen LogP contribution in [0, 0.1) is 0 Å². The summed E-state index contributed by atoms with van der Waals surface area (Å²) in [7, 11) is 0. The monoisotopic (exact) mass is 378 g/mol. The normalized spacial score (nSPS) is 11.5. The second kappa shape index (κ2) is 10.5. The Bertz CT molecular complexity index is 890. The highest BCUT2D eigenvalue weighted by Gasteiger charge is 2.26. The Morgan fingerprint density at radius 2 is 1.86 bits per heavy atom. The molecule has 0 spiro atoms. The molecule has 1 atom stereocenters. The molecule has 0 N–H and O–H groups in total. The van der Waals surface area contributed by atoms with E-state index in [1.807, 2.05) is 30.3 Å². The molecule has 0 aliphatic rings. The Morgan fingerprint density at radius 3 is 2.54 bits per heavy atom. The fourth-order valence-electron chi connectivity index (χ4n) is 2.59. The lowest BCUT2D eigenvalue weighted by molar-refractivity contribution is -0.154. The van der Waals surface area contributed by atoms with Crippen molar-refractivity contribution >= 4 is 17.6 Å². The SMILES string of the molecule is C/C=C/C(=O)N(Cc1ccccc1N=[N+]=[N-])[C@@H](C)C(=O)OCc1ccccc1. The van der Waals surface area contributed by atoms with E-state index >= 15 is 0 Å². The fraction of sp³-hybridized carbons (Fsp3) is 0.238. The van der Waals surface area contributed by atoms with Crippen molar-refractivity contribution in [3.05, 3.63) is 88.3 Å². The van der Waals surface area contributed by atoms with Gasteiger partial charge in [-0.3, -0.25) is 4.79 Å². The second-order valence-electron chi connectivity index (χ2n) is 6.05. The van der Waals surface area contributed by atoms with Gasteiger partial charge in [-0.25, -0.2) is 4.79 Å². The van der Waals surface area contributed by atoms with Crippen LogP contribution in [0.4, 0.5) is 5.69 Å². The number of ether oxygens (including phenoxy) is 1. The van der Waals surface area contributed by atoms with E-state index in [0.717, 1.165) is 5.56 Å². The van der Waals surface area contributed by atoms with Crippen molar-refractivity contribution in [2.24, 2.45) is 5.11 Å². The van der Waals surface area contributed by atoms with E-state index in [2.05, 4.69) is 10.0 Å². The van der Waals surface area contributed by atoms with Gasteiger partial charge in [-0.05, 0) is 36.6 Å². The quantitative estimate of drug-likeness (QED) is 0.220. The molecular weight excluding hydrogens is 356 g/mol. The fourth-order valence-corrected chi connectivity index (χ4v) is 2.59. The van der Waals surface area contributed by atoms with Gasteiger partial charge in [-0.1, -0.05) is 65.8 Å². The Labute approximate surface area is 163 Å². The zero-order valence-electron chi connectivity index (χ0n) is 15.9. The van der Waals surface area contributed by atoms with E-state index in [1.165, 1.54) is 11.0 Å². The lowest BCUT2D eigenvalue weighted by atomic mass is 10.1. The number of esters is 1. The maximum absolute atomic E-state index is 12.6. The van der Waals surface area contributed by atoms with Gasteiger partial charge in [-0.2, -0.15) is 0 Å². The number of hydrogen-bond acceptors (Lipinski definition) is 4. The van der Waals surface area contributed by atoms with Crippen LogP contribution in [0.25, 0.3) is 10.4 Å². The maximum Gasteiger partial charge on any atom is 0.328 e. The largest absolute Gasteiger partial charge is 0.459 e. The van der Waals surface area contributed by atoms with Crippen LogP contribution < -0.4 is 0 Å². The van der Waals surface area contributed by atoms with Crippen LogP contribution in [0.5, 0.6) is 0 Å². The second-order valence-corrected chi connectivity index (χ2v) is 6.05. The molecule has 0 aromatic heterocycles. The topological polar surface area (TPSA) is 95.4 Å². The van der Waals surface area contributed by atoms with Crippen LogP contribution in [0.15, 0.2) is 71.9 Å². The first-order valence-electron chi connectivity index (χ1n) is 8.83. The van der Waals surface area contributed by atoms with Crippen LogP contribution in [0.3, 0.4) is 0 Å². The average molecular weight is 378 g/mol. The minimum absolute atomic E-state index is 0.111. The molecule has 7 nitrogen and oxygen atoms in total. The number of azide groups is 1. The Hall–Kier alpha value is -3.57. The summed E-state index contributed by atoms with van der Waals surface area (Å²) in [5.41, 5.74) is 10.7. The van der Waals surface area contributed by atoms with Crippen molar-refractivity contribution in [2.75, 3.05) is 0 Å². The van der Waals surface area contributed by atoms with Crippen LogP contribution in [-0.4, -0.2) is 22.8 Å². The van der Waals surface area contributed by atoms with Gasteiger partial charge < -0.3 is 9.64 Å². The molecule has 2 aromatic carbocycles. The molecule has 144 valence electrons. The molecule has 0 saturated carbocycles. The first kappa shape index (κ1) is 20.7. The summed E-state index contributed by atoms with van der Waals surface area (Å²) in [6, 6.07) is 15.4. The third-order valence-electron chi connectivity index (χ3n) is 4.11. The molecule has 0 fully saturated rings. The number of allylic oxidation sites excluding steroid dienone is 1. The van der Waals surface area contributed by atoms with Gasteiger partial charge in [0, 0.05) is 17.1 Å². The summed E-state index contributed by atoms with van der Waals surface area (Å²) in [6.45, 7) is 3.58. The Balaban J connectivity index is 2.19. The first-order chi connectivity index (χ1) is 13.6. The molecular formula is C21H22N4O3. The highest BCUT2D eigenvalue weighted by Crippen LogP contribution is 2.22. The number of hydrogen-bond donors (Lipinski definition) is 0. The lowest BCUT2D eigenvalue weighted by Crippen LogP contribution is -2.42. The molecule has 28 heavy (non-hydrogen) atoms. The van der Waals surface area contributed by atoms with E-state index in [1.54, 1.807) is 44.2 Å². The highest BCUT2D eigenvalue weighted by atomic mass is 16.5. The van der Waals surface area contributed by atoms with Crippen molar-refractivity contribution in [1.29, 1.82) is 0 Å². The van der Waals surface area contributed by atoms with E-state index < -0.39 is 12.0 Å². The highest BCUT2D eigenvalue weighted by molar-refractivity contribution is 5.91. The summed E-state index contributed by atoms with van der Waals surface area (Å²) in [6.07, 6.45) is 2.99. The number of nitrogens with zero attached hydrogens (tertiary/aromatic N) is 4. The summed E-state index contributed by atoms with van der Waals surface area (Å²) < 4.78 is 5.38. The molecule has 0 heterocycles. The van der Waals surface area contributed by atoms with Crippen LogP contribution in [-0.2, 0) is 27.5 Å². The third-order valence-corrected chi connectivity index (χ3v) is 4.11. The number of amides is 1. The van der Waals surface area contributed by atoms with Gasteiger partial charge in [-0.15, -0.1) is 0 Å². The van der Waals surface area contributed by atoms with Crippen LogP contribution >= 0.6 is 0 Å². The van der Waals surface area contributed by atoms with Crippen molar-refractivity contribution in [2.45, 2.75) is 33.0 Å². The zero-order chi connectivity index (χ0) is 20.4. The van der Waals surface area contributed by atoms with Crippen molar-refractivity contribution in [3.63, 3.8) is 0 Å². The molecule has 0 unspecified atom stereocenters. The van der Waals surface area contributed by atoms with Gasteiger partial charge in [0.05, 0.1) is 0 Å². The van der Waals surface area contributed by atoms with E-state index in [9.17, 15) is 9.59 Å². The third kappa shape index (κ3) is 5.72. The van der Waals surface area contributed by atoms with Crippen molar-refractivity contribution < 1.29 is 14.3 Å². The van der Waals surface area contributed by atoms with Crippen molar-refractivity contribution in [1.82, 2.24) is 4.90 Å². The first-order valence-corrected chi connectivity index (χ1v) is 8.83. The Morgan fingerprint density at radius 1 is 1.18 bits per heavy atom. The molecule has 0 aliphatic carbocycles. The molecule has 0 radical (unpaired) electrons. The molecule has 7 heteroatoms. The van der Waals surface area contributed by atoms with Crippen molar-refractivity contribution in [3.8, 4) is 0 Å². The number of rotatable bonds is 8. The maximum atomic E-state index is 12.6. The standard InChI is InChI=1S/C21H22N4O3/c1-3-9-20(26)25(14-18-12-7-8-13-19(18)23-24-22)16(2)21(27)28-15-17-10-5-4-6-11-17/h3-13,16H,14-15H2,1-2H3/b9-3+/t16-/m0/s1. The van der Waals surface area contributed by atoms with Gasteiger partial charge in [0.2, 0.25) is 5.91 Å². The van der Waals surface area contributed by atoms with Gasteiger partial charge >= 0.3 is 5.97 Å². The van der Waals surface area contributed by atoms with Gasteiger partial charge in [0.15, 0.2) is 0 Å². The minimum Gasteiger partial charge on any atom is -0.459 e. The molecule has 2 aromatic rings. The number of carbonyl (C=O) groups excluding carboxylic acids is 2. The predicted molar refractivity (Wildman–Crippen MR) is 106 cm³/mol. The number of carbonyl (C=O) groups is 2. The molecule has 1 amide bonds. The molecule has 0 aliphatic heterocycles. The smallest absolute Gasteiger partial charge is 0.328 e. The van der Waals surface area contributed by atoms with E-state index in [4.69, 9.17) is 10.3 Å². The summed E-state index contributed by atoms with van der Waals surface area (Å²) in [5, 5.41) is 3.65. The van der Waals surface area contributed by atoms with Gasteiger partial charge in [0.25, 0.3) is 0 Å². The molecule has 0 saturated heterocycles. The van der Waals surface area contributed by atoms with E-state index in [-0.39, 0.29) is 19.1 Å². The van der Waals surface area contributed by atoms with E-state index in [0.29, 0.717) is 11.3 Å². The van der Waals surface area contributed by atoms with Crippen LogP contribution in [0.1, 0.15) is 25.0 Å². The molecule has 2 rings (SSSR count). The Kier molecular flexibility index (Phi) is 7.81. The minimum atomic E-state index is -0.813. The lowest BCUT2D eigenvalue weighted by Gasteiger charge is -2.27. The summed E-state index contributed by atoms with van der Waals surface area (Å²) >= 11 is 0. The number of benzene rings is 2. The summed E-state index contributed by atoms with van der Waals surface area (Å²) in [4.78, 5) is 29.3. The van der Waals surface area contributed by atoms with Crippen LogP contribution in [0.2, 0.25) is 0 Å². The summed E-state index contributed by atoms with van der Waals surface area (Å²) in [5.74, 6) is -0.842. The van der Waals surface area contributed by atoms with Gasteiger partial charge in [0.1, 0.15) is 12.6 Å². The average Bonchev–Trinajstić information content (AvgIpc) is 2.72. The molecule has 0 bridgehead atoms. The predicted octanol–water partition coefficient (Wildman–Crippen LogP) is 4.67. The zero-order valence-corrected chi connectivity index (χ0v) is 15.9.